The molecule has 0 radical (unpaired) electrons. The van der Waals surface area contributed by atoms with Crippen molar-refractivity contribution in [2.45, 2.75) is 43.7 Å². The zero-order chi connectivity index (χ0) is 18.7. The fraction of sp³-hybridized carbons (Fsp3) is 0.545. The lowest BCUT2D eigenvalue weighted by Crippen LogP contribution is -2.49. The van der Waals surface area contributed by atoms with Crippen LogP contribution in [0.1, 0.15) is 43.0 Å². The number of benzene rings is 1. The highest BCUT2D eigenvalue weighted by Crippen LogP contribution is 2.57. The molecule has 4 aliphatic rings. The standard InChI is InChI=1S/C22H26N4OS/c27-20-22-9-6-12-26(22)18(19-14-23-21(28-19)24-10-4-5-11-24)13-16(22)15-25(20)17-7-2-1-3-8-17/h1-3,7-8,14,16,18H,4-6,9-13,15H2/t16-,18-,22-/m0/s1. The highest BCUT2D eigenvalue weighted by molar-refractivity contribution is 7.15. The van der Waals surface area contributed by atoms with Gasteiger partial charge in [0.25, 0.3) is 0 Å². The van der Waals surface area contributed by atoms with Gasteiger partial charge in [-0.05, 0) is 50.8 Å². The predicted octanol–water partition coefficient (Wildman–Crippen LogP) is 3.69. The Morgan fingerprint density at radius 1 is 1.07 bits per heavy atom. The molecule has 6 heteroatoms. The van der Waals surface area contributed by atoms with Crippen molar-refractivity contribution >= 4 is 28.1 Å². The van der Waals surface area contributed by atoms with Gasteiger partial charge in [0.1, 0.15) is 5.54 Å². The van der Waals surface area contributed by atoms with Gasteiger partial charge in [-0.2, -0.15) is 0 Å². The van der Waals surface area contributed by atoms with Gasteiger partial charge >= 0.3 is 0 Å². The second-order valence-electron chi connectivity index (χ2n) is 8.66. The van der Waals surface area contributed by atoms with E-state index in [-0.39, 0.29) is 5.54 Å². The molecule has 0 aliphatic carbocycles. The summed E-state index contributed by atoms with van der Waals surface area (Å²) in [6.45, 7) is 4.16. The predicted molar refractivity (Wildman–Crippen MR) is 112 cm³/mol. The molecule has 5 nitrogen and oxygen atoms in total. The second kappa shape index (κ2) is 6.29. The minimum absolute atomic E-state index is 0.279. The zero-order valence-corrected chi connectivity index (χ0v) is 16.9. The maximum absolute atomic E-state index is 13.6. The summed E-state index contributed by atoms with van der Waals surface area (Å²) >= 11 is 1.86. The van der Waals surface area contributed by atoms with Crippen molar-refractivity contribution in [3.63, 3.8) is 0 Å². The zero-order valence-electron chi connectivity index (χ0n) is 16.1. The lowest BCUT2D eigenvalue weighted by atomic mass is 9.85. The first-order valence-electron chi connectivity index (χ1n) is 10.6. The molecule has 1 aromatic carbocycles. The van der Waals surface area contributed by atoms with Crippen molar-refractivity contribution in [3.8, 4) is 0 Å². The molecule has 6 rings (SSSR count). The summed E-state index contributed by atoms with van der Waals surface area (Å²) in [4.78, 5) is 26.8. The largest absolute Gasteiger partial charge is 0.348 e. The Hall–Kier alpha value is -1.92. The van der Waals surface area contributed by atoms with Crippen molar-refractivity contribution in [2.24, 2.45) is 5.92 Å². The molecule has 1 amide bonds. The molecule has 146 valence electrons. The average molecular weight is 395 g/mol. The number of amides is 1. The van der Waals surface area contributed by atoms with E-state index in [0.29, 0.717) is 17.9 Å². The van der Waals surface area contributed by atoms with Crippen LogP contribution in [0.15, 0.2) is 36.5 Å². The summed E-state index contributed by atoms with van der Waals surface area (Å²) in [6.07, 6.45) is 7.86. The fourth-order valence-corrected chi connectivity index (χ4v) is 7.17. The van der Waals surface area contributed by atoms with Crippen LogP contribution in [0, 0.1) is 5.92 Å². The normalized spacial score (nSPS) is 32.4. The Balaban J connectivity index is 1.30. The van der Waals surface area contributed by atoms with E-state index in [0.717, 1.165) is 51.1 Å². The summed E-state index contributed by atoms with van der Waals surface area (Å²) in [5, 5.41) is 1.18. The van der Waals surface area contributed by atoms with E-state index in [9.17, 15) is 4.79 Å². The maximum atomic E-state index is 13.6. The van der Waals surface area contributed by atoms with Gasteiger partial charge in [0.05, 0.1) is 0 Å². The van der Waals surface area contributed by atoms with Gasteiger partial charge in [0.15, 0.2) is 5.13 Å². The van der Waals surface area contributed by atoms with E-state index in [1.54, 1.807) is 0 Å². The minimum atomic E-state index is -0.279. The molecule has 28 heavy (non-hydrogen) atoms. The molecular formula is C22H26N4OS. The molecule has 1 aromatic heterocycles. The lowest BCUT2D eigenvalue weighted by molar-refractivity contribution is -0.126. The van der Waals surface area contributed by atoms with Gasteiger partial charge in [0, 0.05) is 48.4 Å². The molecule has 2 aromatic rings. The van der Waals surface area contributed by atoms with Gasteiger partial charge in [-0.15, -0.1) is 11.3 Å². The number of para-hydroxylation sites is 1. The quantitative estimate of drug-likeness (QED) is 0.796. The number of hydrogen-bond donors (Lipinski definition) is 0. The summed E-state index contributed by atoms with van der Waals surface area (Å²) in [5.41, 5.74) is 0.770. The molecule has 1 spiro atoms. The van der Waals surface area contributed by atoms with Crippen LogP contribution in [0.2, 0.25) is 0 Å². The van der Waals surface area contributed by atoms with E-state index >= 15 is 0 Å². The Labute approximate surface area is 170 Å². The van der Waals surface area contributed by atoms with E-state index in [4.69, 9.17) is 4.98 Å². The van der Waals surface area contributed by atoms with E-state index in [1.165, 1.54) is 22.9 Å². The van der Waals surface area contributed by atoms with Crippen LogP contribution in [-0.2, 0) is 4.79 Å². The smallest absolute Gasteiger partial charge is 0.247 e. The van der Waals surface area contributed by atoms with Crippen LogP contribution in [0.4, 0.5) is 10.8 Å². The summed E-state index contributed by atoms with van der Waals surface area (Å²) in [6, 6.07) is 10.6. The van der Waals surface area contributed by atoms with Crippen molar-refractivity contribution in [1.82, 2.24) is 9.88 Å². The Morgan fingerprint density at radius 2 is 1.89 bits per heavy atom. The monoisotopic (exact) mass is 394 g/mol. The molecule has 5 heterocycles. The molecule has 0 saturated carbocycles. The number of aromatic nitrogens is 1. The summed E-state index contributed by atoms with van der Waals surface area (Å²) in [5.74, 6) is 0.748. The maximum Gasteiger partial charge on any atom is 0.247 e. The van der Waals surface area contributed by atoms with Crippen LogP contribution >= 0.6 is 11.3 Å². The lowest BCUT2D eigenvalue weighted by Gasteiger charge is -2.33. The van der Waals surface area contributed by atoms with Crippen molar-refractivity contribution in [1.29, 1.82) is 0 Å². The Kier molecular flexibility index (Phi) is 3.82. The highest BCUT2D eigenvalue weighted by atomic mass is 32.1. The number of carbonyl (C=O) groups excluding carboxylic acids is 1. The van der Waals surface area contributed by atoms with E-state index in [1.807, 2.05) is 34.4 Å². The van der Waals surface area contributed by atoms with Gasteiger partial charge < -0.3 is 9.80 Å². The molecule has 4 aliphatic heterocycles. The van der Waals surface area contributed by atoms with Crippen LogP contribution < -0.4 is 9.80 Å². The summed E-state index contributed by atoms with van der Waals surface area (Å²) < 4.78 is 0. The third kappa shape index (κ3) is 2.28. The topological polar surface area (TPSA) is 39.7 Å². The number of nitrogens with zero attached hydrogens (tertiary/aromatic N) is 4. The molecule has 0 unspecified atom stereocenters. The molecule has 4 fully saturated rings. The molecule has 4 saturated heterocycles. The molecular weight excluding hydrogens is 368 g/mol. The van der Waals surface area contributed by atoms with E-state index in [2.05, 4.69) is 28.1 Å². The fourth-order valence-electron chi connectivity index (χ4n) is 6.08. The third-order valence-electron chi connectivity index (χ3n) is 7.33. The van der Waals surface area contributed by atoms with Gasteiger partial charge in [-0.25, -0.2) is 4.98 Å². The van der Waals surface area contributed by atoms with Crippen molar-refractivity contribution < 1.29 is 4.79 Å². The van der Waals surface area contributed by atoms with Gasteiger partial charge in [-0.3, -0.25) is 9.69 Å². The van der Waals surface area contributed by atoms with E-state index < -0.39 is 0 Å². The first-order valence-corrected chi connectivity index (χ1v) is 11.4. The van der Waals surface area contributed by atoms with Crippen molar-refractivity contribution in [3.05, 3.63) is 41.4 Å². The van der Waals surface area contributed by atoms with Gasteiger partial charge in [0.2, 0.25) is 5.91 Å². The minimum Gasteiger partial charge on any atom is -0.348 e. The molecule has 0 bridgehead atoms. The molecule has 3 atom stereocenters. The SMILES string of the molecule is O=C1N(c2ccccc2)C[C@@H]2C[C@@H](c3cnc(N4CCCC4)s3)N3CCC[C@@]123. The van der Waals surface area contributed by atoms with Gasteiger partial charge in [-0.1, -0.05) is 18.2 Å². The number of anilines is 2. The second-order valence-corrected chi connectivity index (χ2v) is 9.70. The number of hydrogen-bond acceptors (Lipinski definition) is 5. The van der Waals surface area contributed by atoms with Crippen LogP contribution in [0.25, 0.3) is 0 Å². The number of carbonyl (C=O) groups is 1. The Bertz CT molecular complexity index is 893. The first kappa shape index (κ1) is 17.0. The average Bonchev–Trinajstić information content (AvgIpc) is 3.52. The number of rotatable bonds is 3. The third-order valence-corrected chi connectivity index (χ3v) is 8.49. The van der Waals surface area contributed by atoms with Crippen LogP contribution in [-0.4, -0.2) is 47.5 Å². The first-order chi connectivity index (χ1) is 13.8. The van der Waals surface area contributed by atoms with Crippen LogP contribution in [0.5, 0.6) is 0 Å². The van der Waals surface area contributed by atoms with Crippen LogP contribution in [0.3, 0.4) is 0 Å². The Morgan fingerprint density at radius 3 is 2.71 bits per heavy atom. The number of thiazole rings is 1. The molecule has 0 N–H and O–H groups in total. The van der Waals surface area contributed by atoms with Crippen molar-refractivity contribution in [2.75, 3.05) is 36.0 Å². The summed E-state index contributed by atoms with van der Waals surface area (Å²) in [7, 11) is 0. The highest BCUT2D eigenvalue weighted by Gasteiger charge is 2.65.